The maximum Gasteiger partial charge on any atom is 0.338 e. The van der Waals surface area contributed by atoms with Crippen molar-refractivity contribution in [2.45, 2.75) is 17.9 Å². The van der Waals surface area contributed by atoms with Gasteiger partial charge in [-0.3, -0.25) is 4.79 Å². The minimum Gasteiger partial charge on any atom is -0.497 e. The first-order chi connectivity index (χ1) is 12.7. The van der Waals surface area contributed by atoms with E-state index >= 15 is 0 Å². The van der Waals surface area contributed by atoms with E-state index in [1.54, 1.807) is 37.3 Å². The maximum atomic E-state index is 12.0. The molecule has 0 unspecified atom stereocenters. The van der Waals surface area contributed by atoms with Gasteiger partial charge >= 0.3 is 5.97 Å². The molecule has 0 bridgehead atoms. The van der Waals surface area contributed by atoms with Crippen molar-refractivity contribution in [1.29, 1.82) is 0 Å². The monoisotopic (exact) mass is 392 g/mol. The highest BCUT2D eigenvalue weighted by atomic mass is 32.2. The van der Waals surface area contributed by atoms with Gasteiger partial charge in [-0.15, -0.1) is 0 Å². The van der Waals surface area contributed by atoms with Gasteiger partial charge in [-0.05, 0) is 42.8 Å². The van der Waals surface area contributed by atoms with Gasteiger partial charge in [0.15, 0.2) is 6.61 Å². The third-order valence-electron chi connectivity index (χ3n) is 3.73. The lowest BCUT2D eigenvalue weighted by Gasteiger charge is -2.15. The Morgan fingerprint density at radius 2 is 1.81 bits per heavy atom. The molecule has 3 N–H and O–H groups in total. The highest BCUT2D eigenvalue weighted by molar-refractivity contribution is 7.89. The first-order valence-electron chi connectivity index (χ1n) is 7.94. The molecule has 2 aromatic rings. The number of hydrogen-bond acceptors (Lipinski definition) is 6. The van der Waals surface area contributed by atoms with Crippen molar-refractivity contribution in [3.63, 3.8) is 0 Å². The lowest BCUT2D eigenvalue weighted by molar-refractivity contribution is -0.124. The number of benzene rings is 2. The molecule has 9 heteroatoms. The summed E-state index contributed by atoms with van der Waals surface area (Å²) in [4.78, 5) is 23.9. The molecular weight excluding hydrogens is 372 g/mol. The lowest BCUT2D eigenvalue weighted by Crippen LogP contribution is -2.31. The first kappa shape index (κ1) is 20.4. The summed E-state index contributed by atoms with van der Waals surface area (Å²) in [6.45, 7) is 1.27. The number of primary sulfonamides is 1. The molecule has 2 rings (SSSR count). The number of amides is 1. The van der Waals surface area contributed by atoms with Crippen LogP contribution in [-0.2, 0) is 19.6 Å². The van der Waals surface area contributed by atoms with Gasteiger partial charge < -0.3 is 14.8 Å². The van der Waals surface area contributed by atoms with Gasteiger partial charge in [-0.1, -0.05) is 18.2 Å². The standard InChI is InChI=1S/C18H20N2O6S/c1-12(13-6-8-16(9-7-13)27(19,23)24)20-17(21)11-26-18(22)14-4-3-5-15(10-14)25-2/h3-10,12H,11H2,1-2H3,(H,20,21)(H2,19,23,24)/t12-/m0/s1. The van der Waals surface area contributed by atoms with Gasteiger partial charge in [0.2, 0.25) is 10.0 Å². The molecular formula is C18H20N2O6S. The normalized spacial score (nSPS) is 12.1. The van der Waals surface area contributed by atoms with Crippen LogP contribution in [0, 0.1) is 0 Å². The SMILES string of the molecule is COc1cccc(C(=O)OCC(=O)N[C@@H](C)c2ccc(S(N)(=O)=O)cc2)c1. The smallest absolute Gasteiger partial charge is 0.338 e. The topological polar surface area (TPSA) is 125 Å². The Hall–Kier alpha value is -2.91. The van der Waals surface area contributed by atoms with E-state index in [1.165, 1.54) is 25.3 Å². The molecule has 0 heterocycles. The Labute approximate surface area is 157 Å². The Bertz CT molecular complexity index is 925. The zero-order chi connectivity index (χ0) is 20.0. The molecule has 2 aromatic carbocycles. The van der Waals surface area contributed by atoms with Gasteiger partial charge in [0.05, 0.1) is 23.6 Å². The summed E-state index contributed by atoms with van der Waals surface area (Å²) in [6.07, 6.45) is 0. The summed E-state index contributed by atoms with van der Waals surface area (Å²) in [5.41, 5.74) is 0.948. The summed E-state index contributed by atoms with van der Waals surface area (Å²) in [5.74, 6) is -0.631. The molecule has 0 aromatic heterocycles. The number of carbonyl (C=O) groups excluding carboxylic acids is 2. The summed E-state index contributed by atoms with van der Waals surface area (Å²) >= 11 is 0. The average Bonchev–Trinajstić information content (AvgIpc) is 2.65. The lowest BCUT2D eigenvalue weighted by atomic mass is 10.1. The molecule has 0 saturated heterocycles. The van der Waals surface area contributed by atoms with Crippen molar-refractivity contribution in [3.05, 3.63) is 59.7 Å². The maximum absolute atomic E-state index is 12.0. The van der Waals surface area contributed by atoms with Gasteiger partial charge in [0, 0.05) is 0 Å². The van der Waals surface area contributed by atoms with Gasteiger partial charge in [0.1, 0.15) is 5.75 Å². The summed E-state index contributed by atoms with van der Waals surface area (Å²) in [6, 6.07) is 11.8. The molecule has 27 heavy (non-hydrogen) atoms. The number of methoxy groups -OCH3 is 1. The van der Waals surface area contributed by atoms with Gasteiger partial charge in [0.25, 0.3) is 5.91 Å². The van der Waals surface area contributed by atoms with Crippen molar-refractivity contribution in [2.75, 3.05) is 13.7 Å². The van der Waals surface area contributed by atoms with Crippen molar-refractivity contribution in [2.24, 2.45) is 5.14 Å². The minimum atomic E-state index is -3.77. The van der Waals surface area contributed by atoms with Gasteiger partial charge in [-0.2, -0.15) is 0 Å². The highest BCUT2D eigenvalue weighted by Crippen LogP contribution is 2.16. The second-order valence-corrected chi connectivity index (χ2v) is 7.27. The first-order valence-corrected chi connectivity index (χ1v) is 9.48. The largest absolute Gasteiger partial charge is 0.497 e. The molecule has 0 aliphatic carbocycles. The van der Waals surface area contributed by atoms with Crippen molar-refractivity contribution in [1.82, 2.24) is 5.32 Å². The Morgan fingerprint density at radius 1 is 1.15 bits per heavy atom. The third kappa shape index (κ3) is 5.80. The second kappa shape index (κ2) is 8.65. The second-order valence-electron chi connectivity index (χ2n) is 5.71. The van der Waals surface area contributed by atoms with Crippen LogP contribution >= 0.6 is 0 Å². The molecule has 8 nitrogen and oxygen atoms in total. The van der Waals surface area contributed by atoms with E-state index < -0.39 is 34.5 Å². The molecule has 0 spiro atoms. The number of nitrogens with one attached hydrogen (secondary N) is 1. The molecule has 0 aliphatic rings. The van der Waals surface area contributed by atoms with Crippen LogP contribution in [-0.4, -0.2) is 34.0 Å². The van der Waals surface area contributed by atoms with Crippen LogP contribution in [0.25, 0.3) is 0 Å². The zero-order valence-electron chi connectivity index (χ0n) is 14.8. The van der Waals surface area contributed by atoms with E-state index in [1.807, 2.05) is 0 Å². The zero-order valence-corrected chi connectivity index (χ0v) is 15.7. The quantitative estimate of drug-likeness (QED) is 0.686. The van der Waals surface area contributed by atoms with E-state index in [2.05, 4.69) is 5.32 Å². The van der Waals surface area contributed by atoms with Crippen LogP contribution < -0.4 is 15.2 Å². The Kier molecular flexibility index (Phi) is 6.54. The van der Waals surface area contributed by atoms with Crippen LogP contribution in [0.5, 0.6) is 5.75 Å². The molecule has 1 atom stereocenters. The molecule has 144 valence electrons. The number of esters is 1. The van der Waals surface area contributed by atoms with E-state index in [-0.39, 0.29) is 10.5 Å². The molecule has 0 aliphatic heterocycles. The number of carbonyl (C=O) groups is 2. The van der Waals surface area contributed by atoms with Crippen LogP contribution in [0.4, 0.5) is 0 Å². The number of rotatable bonds is 7. The molecule has 0 saturated carbocycles. The summed E-state index contributed by atoms with van der Waals surface area (Å²) < 4.78 is 32.5. The third-order valence-corrected chi connectivity index (χ3v) is 4.66. The number of ether oxygens (including phenoxy) is 2. The Balaban J connectivity index is 1.90. The van der Waals surface area contributed by atoms with E-state index in [9.17, 15) is 18.0 Å². The van der Waals surface area contributed by atoms with Crippen LogP contribution in [0.3, 0.4) is 0 Å². The van der Waals surface area contributed by atoms with E-state index in [4.69, 9.17) is 14.6 Å². The van der Waals surface area contributed by atoms with E-state index in [0.717, 1.165) is 0 Å². The van der Waals surface area contributed by atoms with Crippen LogP contribution in [0.2, 0.25) is 0 Å². The fourth-order valence-corrected chi connectivity index (χ4v) is 2.79. The van der Waals surface area contributed by atoms with Crippen molar-refractivity contribution >= 4 is 21.9 Å². The molecule has 1 amide bonds. The van der Waals surface area contributed by atoms with Gasteiger partial charge in [-0.25, -0.2) is 18.4 Å². The molecule has 0 fully saturated rings. The minimum absolute atomic E-state index is 0.0167. The fraction of sp³-hybridized carbons (Fsp3) is 0.222. The number of hydrogen-bond donors (Lipinski definition) is 2. The highest BCUT2D eigenvalue weighted by Gasteiger charge is 2.14. The Morgan fingerprint density at radius 3 is 2.41 bits per heavy atom. The average molecular weight is 392 g/mol. The summed E-state index contributed by atoms with van der Waals surface area (Å²) in [7, 11) is -2.29. The number of sulfonamides is 1. The predicted molar refractivity (Wildman–Crippen MR) is 97.6 cm³/mol. The fourth-order valence-electron chi connectivity index (χ4n) is 2.28. The van der Waals surface area contributed by atoms with Crippen LogP contribution in [0.15, 0.2) is 53.4 Å². The number of nitrogens with two attached hydrogens (primary N) is 1. The van der Waals surface area contributed by atoms with E-state index in [0.29, 0.717) is 11.3 Å². The van der Waals surface area contributed by atoms with Crippen molar-refractivity contribution < 1.29 is 27.5 Å². The van der Waals surface area contributed by atoms with Crippen LogP contribution in [0.1, 0.15) is 28.9 Å². The predicted octanol–water partition coefficient (Wildman–Crippen LogP) is 1.38. The van der Waals surface area contributed by atoms with Crippen molar-refractivity contribution in [3.8, 4) is 5.75 Å². The molecule has 0 radical (unpaired) electrons. The summed E-state index contributed by atoms with van der Waals surface area (Å²) in [5, 5.41) is 7.71.